The lowest BCUT2D eigenvalue weighted by molar-refractivity contribution is 0.114. The average Bonchev–Trinajstić information content (AvgIpc) is 2.71. The molecule has 2 aliphatic rings. The highest BCUT2D eigenvalue weighted by Gasteiger charge is 2.36. The molecule has 30 heavy (non-hydrogen) atoms. The van der Waals surface area contributed by atoms with Crippen LogP contribution in [0.1, 0.15) is 42.9 Å². The van der Waals surface area contributed by atoms with Crippen LogP contribution in [0.4, 0.5) is 4.39 Å². The number of nitrogens with zero attached hydrogens (tertiary/aromatic N) is 3. The number of rotatable bonds is 5. The van der Waals surface area contributed by atoms with Crippen LogP contribution in [0.5, 0.6) is 17.4 Å². The molecule has 1 saturated heterocycles. The minimum absolute atomic E-state index is 0.210. The summed E-state index contributed by atoms with van der Waals surface area (Å²) in [5, 5.41) is 0. The van der Waals surface area contributed by atoms with Crippen molar-refractivity contribution in [2.45, 2.75) is 44.4 Å². The van der Waals surface area contributed by atoms with E-state index in [1.165, 1.54) is 6.07 Å². The molecule has 2 aliphatic heterocycles. The van der Waals surface area contributed by atoms with Crippen LogP contribution in [-0.4, -0.2) is 52.5 Å². The third-order valence-corrected chi connectivity index (χ3v) is 6.10. The molecule has 1 fully saturated rings. The molecule has 0 aromatic carbocycles. The maximum Gasteiger partial charge on any atom is 0.257 e. The molecule has 0 radical (unpaired) electrons. The van der Waals surface area contributed by atoms with Crippen molar-refractivity contribution in [3.63, 3.8) is 0 Å². The molecular formula is C22H28FN3O3S. The lowest BCUT2D eigenvalue weighted by atomic mass is 9.95. The average molecular weight is 434 g/mol. The van der Waals surface area contributed by atoms with Crippen molar-refractivity contribution in [3.05, 3.63) is 41.1 Å². The molecule has 0 bridgehead atoms. The Bertz CT molecular complexity index is 908. The molecule has 1 unspecified atom stereocenters. The van der Waals surface area contributed by atoms with Crippen molar-refractivity contribution >= 4 is 12.6 Å². The molecule has 6 nitrogen and oxygen atoms in total. The summed E-state index contributed by atoms with van der Waals surface area (Å²) in [6.45, 7) is 8.71. The number of aryl methyl sites for hydroxylation is 2. The number of fused-ring (bicyclic) bond motifs is 1. The Labute approximate surface area is 182 Å². The molecule has 0 saturated carbocycles. The van der Waals surface area contributed by atoms with Gasteiger partial charge in [0.05, 0.1) is 16.5 Å². The molecule has 0 N–H and O–H groups in total. The summed E-state index contributed by atoms with van der Waals surface area (Å²) in [6.07, 6.45) is 1.89. The topological polar surface area (TPSA) is 56.7 Å². The molecule has 2 aromatic rings. The summed E-state index contributed by atoms with van der Waals surface area (Å²) in [4.78, 5) is 11.0. The Morgan fingerprint density at radius 1 is 1.20 bits per heavy atom. The number of thiol groups is 1. The Balaban J connectivity index is 1.46. The molecule has 2 aromatic heterocycles. The van der Waals surface area contributed by atoms with Gasteiger partial charge in [0.1, 0.15) is 31.4 Å². The van der Waals surface area contributed by atoms with Gasteiger partial charge in [-0.15, -0.1) is 0 Å². The molecule has 0 amide bonds. The third-order valence-electron chi connectivity index (χ3n) is 5.61. The minimum Gasteiger partial charge on any atom is -0.492 e. The van der Waals surface area contributed by atoms with E-state index in [1.807, 2.05) is 32.9 Å². The summed E-state index contributed by atoms with van der Waals surface area (Å²) >= 11 is 4.96. The third kappa shape index (κ3) is 4.64. The van der Waals surface area contributed by atoms with Gasteiger partial charge in [-0.05, 0) is 40.2 Å². The number of hydrogen-bond acceptors (Lipinski definition) is 7. The van der Waals surface area contributed by atoms with Crippen LogP contribution >= 0.6 is 12.6 Å². The molecule has 162 valence electrons. The zero-order chi connectivity index (χ0) is 21.3. The largest absolute Gasteiger partial charge is 0.492 e. The molecule has 4 rings (SSSR count). The molecule has 4 heterocycles. The number of halogens is 1. The van der Waals surface area contributed by atoms with E-state index in [0.29, 0.717) is 43.7 Å². The first-order valence-electron chi connectivity index (χ1n) is 10.3. The van der Waals surface area contributed by atoms with Crippen molar-refractivity contribution in [1.29, 1.82) is 0 Å². The fourth-order valence-electron chi connectivity index (χ4n) is 4.12. The van der Waals surface area contributed by atoms with Gasteiger partial charge in [-0.3, -0.25) is 9.88 Å². The second-order valence-corrected chi connectivity index (χ2v) is 9.15. The van der Waals surface area contributed by atoms with Crippen LogP contribution in [-0.2, 0) is 0 Å². The SMILES string of the molecule is Cc1cc(OC[C@]2(S)CCCN(C(C)c3nc4c(cc3F)OCCO4)C2)cc(C)n1. The maximum atomic E-state index is 14.7. The predicted molar refractivity (Wildman–Crippen MR) is 115 cm³/mol. The summed E-state index contributed by atoms with van der Waals surface area (Å²) in [7, 11) is 0. The van der Waals surface area contributed by atoms with E-state index in [0.717, 1.165) is 36.5 Å². The standard InChI is InChI=1S/C22H28FN3O3S/c1-14-9-17(10-15(2)24-14)29-13-22(30)5-4-6-26(12-22)16(3)20-18(23)11-19-21(25-20)28-8-7-27-19/h9-11,16,30H,4-8,12-13H2,1-3H3/t16?,22-/m0/s1. The Kier molecular flexibility index (Phi) is 6.06. The zero-order valence-corrected chi connectivity index (χ0v) is 18.5. The highest BCUT2D eigenvalue weighted by Crippen LogP contribution is 2.36. The van der Waals surface area contributed by atoms with E-state index in [9.17, 15) is 4.39 Å². The number of ether oxygens (including phenoxy) is 3. The van der Waals surface area contributed by atoms with Crippen LogP contribution in [0.2, 0.25) is 0 Å². The molecule has 8 heteroatoms. The van der Waals surface area contributed by atoms with E-state index in [-0.39, 0.29) is 16.6 Å². The molecular weight excluding hydrogens is 405 g/mol. The quantitative estimate of drug-likeness (QED) is 0.722. The number of aromatic nitrogens is 2. The highest BCUT2D eigenvalue weighted by molar-refractivity contribution is 7.81. The minimum atomic E-state index is -0.374. The lowest BCUT2D eigenvalue weighted by Crippen LogP contribution is -2.49. The van der Waals surface area contributed by atoms with Crippen LogP contribution in [0.15, 0.2) is 18.2 Å². The summed E-state index contributed by atoms with van der Waals surface area (Å²) in [5.41, 5.74) is 2.23. The van der Waals surface area contributed by atoms with E-state index >= 15 is 0 Å². The van der Waals surface area contributed by atoms with E-state index in [1.54, 1.807) is 0 Å². The van der Waals surface area contributed by atoms with E-state index in [4.69, 9.17) is 26.8 Å². The van der Waals surface area contributed by atoms with Crippen molar-refractivity contribution in [3.8, 4) is 17.4 Å². The van der Waals surface area contributed by atoms with E-state index in [2.05, 4.69) is 14.9 Å². The van der Waals surface area contributed by atoms with Gasteiger partial charge >= 0.3 is 0 Å². The number of piperidine rings is 1. The van der Waals surface area contributed by atoms with Gasteiger partial charge in [0.25, 0.3) is 5.88 Å². The summed E-state index contributed by atoms with van der Waals surface area (Å²) < 4.78 is 31.5. The molecule has 0 spiro atoms. The van der Waals surface area contributed by atoms with Crippen LogP contribution in [0, 0.1) is 19.7 Å². The number of hydrogen-bond donors (Lipinski definition) is 1. The fourth-order valence-corrected chi connectivity index (χ4v) is 4.53. The van der Waals surface area contributed by atoms with Gasteiger partial charge in [0, 0.05) is 36.1 Å². The summed E-state index contributed by atoms with van der Waals surface area (Å²) in [6, 6.07) is 5.03. The smallest absolute Gasteiger partial charge is 0.257 e. The fraction of sp³-hybridized carbons (Fsp3) is 0.545. The van der Waals surface area contributed by atoms with E-state index < -0.39 is 0 Å². The number of likely N-dealkylation sites (tertiary alicyclic amines) is 1. The van der Waals surface area contributed by atoms with Crippen molar-refractivity contribution in [1.82, 2.24) is 14.9 Å². The van der Waals surface area contributed by atoms with Crippen molar-refractivity contribution < 1.29 is 18.6 Å². The number of pyridine rings is 2. The normalized spacial score (nSPS) is 22.6. The Hall–Kier alpha value is -2.06. The lowest BCUT2D eigenvalue weighted by Gasteiger charge is -2.42. The molecule has 2 atom stereocenters. The van der Waals surface area contributed by atoms with Crippen LogP contribution in [0.3, 0.4) is 0 Å². The van der Waals surface area contributed by atoms with Gasteiger partial charge in [0.2, 0.25) is 0 Å². The Morgan fingerprint density at radius 3 is 2.70 bits per heavy atom. The highest BCUT2D eigenvalue weighted by atomic mass is 32.1. The van der Waals surface area contributed by atoms with Gasteiger partial charge in [0.15, 0.2) is 5.75 Å². The monoisotopic (exact) mass is 433 g/mol. The molecule has 0 aliphatic carbocycles. The van der Waals surface area contributed by atoms with Gasteiger partial charge in [-0.25, -0.2) is 9.37 Å². The first kappa shape index (κ1) is 21.2. The van der Waals surface area contributed by atoms with Crippen molar-refractivity contribution in [2.24, 2.45) is 0 Å². The first-order chi connectivity index (χ1) is 14.3. The second-order valence-electron chi connectivity index (χ2n) is 8.20. The summed E-state index contributed by atoms with van der Waals surface area (Å²) in [5.74, 6) is 1.16. The van der Waals surface area contributed by atoms with Crippen LogP contribution in [0.25, 0.3) is 0 Å². The first-order valence-corrected chi connectivity index (χ1v) is 10.8. The van der Waals surface area contributed by atoms with Crippen LogP contribution < -0.4 is 14.2 Å². The maximum absolute atomic E-state index is 14.7. The van der Waals surface area contributed by atoms with Gasteiger partial charge in [-0.1, -0.05) is 0 Å². The van der Waals surface area contributed by atoms with Crippen molar-refractivity contribution in [2.75, 3.05) is 32.9 Å². The Morgan fingerprint density at radius 2 is 1.93 bits per heavy atom. The predicted octanol–water partition coefficient (Wildman–Crippen LogP) is 3.91. The zero-order valence-electron chi connectivity index (χ0n) is 17.7. The van der Waals surface area contributed by atoms with Gasteiger partial charge in [-0.2, -0.15) is 12.6 Å². The van der Waals surface area contributed by atoms with Gasteiger partial charge < -0.3 is 14.2 Å². The second kappa shape index (κ2) is 8.59.